The van der Waals surface area contributed by atoms with Gasteiger partial charge in [-0.05, 0) is 64.4 Å². The number of hydrogen-bond acceptors (Lipinski definition) is 1. The van der Waals surface area contributed by atoms with E-state index in [9.17, 15) is 9.18 Å². The van der Waals surface area contributed by atoms with Crippen LogP contribution in [0.5, 0.6) is 0 Å². The monoisotopic (exact) mass is 391 g/mol. The molecule has 0 saturated heterocycles. The standard InChI is InChI=1S/C17H11FINO/c18-16-10-9-15(13-3-1-2-4-14(13)16)17(21)20-12-7-5-11(19)6-8-12/h1-10H,(H,20,21). The highest BCUT2D eigenvalue weighted by molar-refractivity contribution is 14.1. The second-order valence-corrected chi connectivity index (χ2v) is 5.85. The molecule has 0 atom stereocenters. The highest BCUT2D eigenvalue weighted by atomic mass is 127. The lowest BCUT2D eigenvalue weighted by Crippen LogP contribution is -2.12. The molecule has 0 unspecified atom stereocenters. The molecule has 0 spiro atoms. The first-order valence-corrected chi connectivity index (χ1v) is 7.47. The summed E-state index contributed by atoms with van der Waals surface area (Å²) in [6.45, 7) is 0. The van der Waals surface area contributed by atoms with Crippen molar-refractivity contribution in [1.82, 2.24) is 0 Å². The zero-order valence-electron chi connectivity index (χ0n) is 10.9. The SMILES string of the molecule is O=C(Nc1ccc(I)cc1)c1ccc(F)c2ccccc12. The Bertz CT molecular complexity index is 815. The first kappa shape index (κ1) is 14.0. The third kappa shape index (κ3) is 2.90. The van der Waals surface area contributed by atoms with E-state index >= 15 is 0 Å². The summed E-state index contributed by atoms with van der Waals surface area (Å²) in [6, 6.07) is 17.3. The molecule has 4 heteroatoms. The number of nitrogens with one attached hydrogen (secondary N) is 1. The molecule has 104 valence electrons. The fraction of sp³-hybridized carbons (Fsp3) is 0. The predicted octanol–water partition coefficient (Wildman–Crippen LogP) is 4.84. The Morgan fingerprint density at radius 3 is 2.29 bits per heavy atom. The highest BCUT2D eigenvalue weighted by Crippen LogP contribution is 2.23. The summed E-state index contributed by atoms with van der Waals surface area (Å²) >= 11 is 2.20. The number of amides is 1. The number of fused-ring (bicyclic) bond motifs is 1. The fourth-order valence-electron chi connectivity index (χ4n) is 2.19. The maximum atomic E-state index is 13.8. The molecule has 3 aromatic carbocycles. The number of halogens is 2. The Kier molecular flexibility index (Phi) is 3.88. The summed E-state index contributed by atoms with van der Waals surface area (Å²) in [7, 11) is 0. The molecule has 3 rings (SSSR count). The van der Waals surface area contributed by atoms with Crippen molar-refractivity contribution in [2.45, 2.75) is 0 Å². The molecule has 0 saturated carbocycles. The van der Waals surface area contributed by atoms with E-state index in [1.807, 2.05) is 24.3 Å². The minimum absolute atomic E-state index is 0.243. The average Bonchev–Trinajstić information content (AvgIpc) is 2.50. The van der Waals surface area contributed by atoms with E-state index in [1.165, 1.54) is 12.1 Å². The normalized spacial score (nSPS) is 10.6. The fourth-order valence-corrected chi connectivity index (χ4v) is 2.55. The van der Waals surface area contributed by atoms with Gasteiger partial charge in [0.1, 0.15) is 5.82 Å². The van der Waals surface area contributed by atoms with Crippen molar-refractivity contribution in [1.29, 1.82) is 0 Å². The van der Waals surface area contributed by atoms with Gasteiger partial charge in [-0.1, -0.05) is 24.3 Å². The molecule has 0 radical (unpaired) electrons. The summed E-state index contributed by atoms with van der Waals surface area (Å²) in [4.78, 5) is 12.4. The molecule has 0 aliphatic heterocycles. The summed E-state index contributed by atoms with van der Waals surface area (Å²) in [5, 5.41) is 3.90. The van der Waals surface area contributed by atoms with Gasteiger partial charge in [-0.25, -0.2) is 4.39 Å². The molecule has 1 amide bonds. The minimum Gasteiger partial charge on any atom is -0.322 e. The van der Waals surface area contributed by atoms with Crippen molar-refractivity contribution in [3.63, 3.8) is 0 Å². The maximum absolute atomic E-state index is 13.8. The quantitative estimate of drug-likeness (QED) is 0.623. The van der Waals surface area contributed by atoms with Crippen LogP contribution in [0.3, 0.4) is 0 Å². The number of carbonyl (C=O) groups is 1. The molecule has 0 bridgehead atoms. The van der Waals surface area contributed by atoms with Crippen LogP contribution < -0.4 is 5.32 Å². The van der Waals surface area contributed by atoms with Crippen LogP contribution in [0.25, 0.3) is 10.8 Å². The minimum atomic E-state index is -0.323. The number of benzene rings is 3. The molecular formula is C17H11FINO. The molecule has 21 heavy (non-hydrogen) atoms. The van der Waals surface area contributed by atoms with Crippen molar-refractivity contribution in [2.75, 3.05) is 5.32 Å². The van der Waals surface area contributed by atoms with Crippen LogP contribution in [0.2, 0.25) is 0 Å². The smallest absolute Gasteiger partial charge is 0.256 e. The molecule has 1 N–H and O–H groups in total. The average molecular weight is 391 g/mol. The van der Waals surface area contributed by atoms with E-state index in [2.05, 4.69) is 27.9 Å². The Morgan fingerprint density at radius 1 is 0.905 bits per heavy atom. The Balaban J connectivity index is 1.98. The zero-order chi connectivity index (χ0) is 14.8. The van der Waals surface area contributed by atoms with Crippen LogP contribution in [-0.4, -0.2) is 5.91 Å². The molecule has 3 aromatic rings. The van der Waals surface area contributed by atoms with Crippen LogP contribution in [-0.2, 0) is 0 Å². The van der Waals surface area contributed by atoms with E-state index < -0.39 is 0 Å². The van der Waals surface area contributed by atoms with Gasteiger partial charge in [-0.3, -0.25) is 4.79 Å². The van der Waals surface area contributed by atoms with Gasteiger partial charge in [0.05, 0.1) is 0 Å². The zero-order valence-corrected chi connectivity index (χ0v) is 13.1. The molecule has 0 aromatic heterocycles. The topological polar surface area (TPSA) is 29.1 Å². The van der Waals surface area contributed by atoms with E-state index in [4.69, 9.17) is 0 Å². The van der Waals surface area contributed by atoms with Gasteiger partial charge in [-0.15, -0.1) is 0 Å². The summed E-state index contributed by atoms with van der Waals surface area (Å²) in [5.41, 5.74) is 1.18. The maximum Gasteiger partial charge on any atom is 0.256 e. The lowest BCUT2D eigenvalue weighted by Gasteiger charge is -2.09. The number of anilines is 1. The molecular weight excluding hydrogens is 380 g/mol. The van der Waals surface area contributed by atoms with Gasteiger partial charge >= 0.3 is 0 Å². The van der Waals surface area contributed by atoms with Crippen LogP contribution in [0.1, 0.15) is 10.4 Å². The van der Waals surface area contributed by atoms with Gasteiger partial charge in [0.15, 0.2) is 0 Å². The van der Waals surface area contributed by atoms with Crippen LogP contribution in [0, 0.1) is 9.39 Å². The largest absolute Gasteiger partial charge is 0.322 e. The Hall–Kier alpha value is -1.95. The lowest BCUT2D eigenvalue weighted by molar-refractivity contribution is 0.102. The predicted molar refractivity (Wildman–Crippen MR) is 91.0 cm³/mol. The van der Waals surface area contributed by atoms with Gasteiger partial charge in [0.25, 0.3) is 5.91 Å². The van der Waals surface area contributed by atoms with E-state index in [-0.39, 0.29) is 11.7 Å². The van der Waals surface area contributed by atoms with Crippen molar-refractivity contribution in [2.24, 2.45) is 0 Å². The molecule has 0 aliphatic carbocycles. The van der Waals surface area contributed by atoms with Crippen LogP contribution in [0.4, 0.5) is 10.1 Å². The van der Waals surface area contributed by atoms with Gasteiger partial charge < -0.3 is 5.32 Å². The second kappa shape index (κ2) is 5.81. The van der Waals surface area contributed by atoms with Gasteiger partial charge in [0.2, 0.25) is 0 Å². The Labute approximate surface area is 135 Å². The number of rotatable bonds is 2. The lowest BCUT2D eigenvalue weighted by atomic mass is 10.0. The number of carbonyl (C=O) groups excluding carboxylic acids is 1. The summed E-state index contributed by atoms with van der Waals surface area (Å²) < 4.78 is 14.9. The van der Waals surface area contributed by atoms with E-state index in [1.54, 1.807) is 24.3 Å². The van der Waals surface area contributed by atoms with E-state index in [0.717, 1.165) is 3.57 Å². The molecule has 0 heterocycles. The van der Waals surface area contributed by atoms with Crippen molar-refractivity contribution >= 4 is 45.0 Å². The van der Waals surface area contributed by atoms with E-state index in [0.29, 0.717) is 22.0 Å². The second-order valence-electron chi connectivity index (χ2n) is 4.60. The number of hydrogen-bond donors (Lipinski definition) is 1. The molecule has 0 fully saturated rings. The molecule has 2 nitrogen and oxygen atoms in total. The van der Waals surface area contributed by atoms with Crippen LogP contribution >= 0.6 is 22.6 Å². The molecule has 0 aliphatic rings. The van der Waals surface area contributed by atoms with Gasteiger partial charge in [0, 0.05) is 20.2 Å². The highest BCUT2D eigenvalue weighted by Gasteiger charge is 2.12. The third-order valence-electron chi connectivity index (χ3n) is 3.22. The third-order valence-corrected chi connectivity index (χ3v) is 3.94. The first-order chi connectivity index (χ1) is 10.1. The summed E-state index contributed by atoms with van der Waals surface area (Å²) in [6.07, 6.45) is 0. The summed E-state index contributed by atoms with van der Waals surface area (Å²) in [5.74, 6) is -0.566. The van der Waals surface area contributed by atoms with Crippen LogP contribution in [0.15, 0.2) is 60.7 Å². The van der Waals surface area contributed by atoms with Crippen molar-refractivity contribution in [3.8, 4) is 0 Å². The Morgan fingerprint density at radius 2 is 1.57 bits per heavy atom. The van der Waals surface area contributed by atoms with Crippen molar-refractivity contribution < 1.29 is 9.18 Å². The first-order valence-electron chi connectivity index (χ1n) is 6.39. The van der Waals surface area contributed by atoms with Gasteiger partial charge in [-0.2, -0.15) is 0 Å². The van der Waals surface area contributed by atoms with Crippen molar-refractivity contribution in [3.05, 3.63) is 75.6 Å².